The first-order chi connectivity index (χ1) is 11.7. The van der Waals surface area contributed by atoms with Crippen molar-refractivity contribution in [2.24, 2.45) is 4.99 Å². The van der Waals surface area contributed by atoms with Gasteiger partial charge in [0.25, 0.3) is 0 Å². The molecule has 25 heavy (non-hydrogen) atoms. The van der Waals surface area contributed by atoms with Crippen molar-refractivity contribution in [3.05, 3.63) is 0 Å². The number of guanidine groups is 1. The Kier molecular flexibility index (Phi) is 8.62. The van der Waals surface area contributed by atoms with Crippen LogP contribution in [0.2, 0.25) is 0 Å². The van der Waals surface area contributed by atoms with Gasteiger partial charge >= 0.3 is 0 Å². The van der Waals surface area contributed by atoms with Crippen LogP contribution in [0.5, 0.6) is 0 Å². The molecule has 0 radical (unpaired) electrons. The Morgan fingerprint density at radius 2 is 1.76 bits per heavy atom. The lowest BCUT2D eigenvalue weighted by Crippen LogP contribution is -2.59. The summed E-state index contributed by atoms with van der Waals surface area (Å²) in [5.41, 5.74) is 0.248. The zero-order valence-electron chi connectivity index (χ0n) is 15.8. The predicted octanol–water partition coefficient (Wildman–Crippen LogP) is 2.70. The van der Waals surface area contributed by atoms with Crippen molar-refractivity contribution < 1.29 is 4.74 Å². The SMILES string of the molecule is CN=C(NCC1(C)CCCS1)NCC1(N2CCCC2)CCOCC1.I. The molecule has 0 spiro atoms. The Hall–Kier alpha value is 0.270. The minimum Gasteiger partial charge on any atom is -0.381 e. The zero-order valence-corrected chi connectivity index (χ0v) is 19.0. The summed E-state index contributed by atoms with van der Waals surface area (Å²) >= 11 is 2.09. The highest BCUT2D eigenvalue weighted by atomic mass is 127. The molecule has 0 aliphatic carbocycles. The summed E-state index contributed by atoms with van der Waals surface area (Å²) in [7, 11) is 1.88. The van der Waals surface area contributed by atoms with E-state index in [4.69, 9.17) is 4.74 Å². The Morgan fingerprint density at radius 1 is 1.08 bits per heavy atom. The van der Waals surface area contributed by atoms with Crippen LogP contribution < -0.4 is 10.6 Å². The van der Waals surface area contributed by atoms with Gasteiger partial charge in [-0.25, -0.2) is 0 Å². The molecule has 3 aliphatic heterocycles. The summed E-state index contributed by atoms with van der Waals surface area (Å²) in [6.45, 7) is 8.59. The van der Waals surface area contributed by atoms with E-state index in [1.165, 1.54) is 44.5 Å². The highest BCUT2D eigenvalue weighted by Crippen LogP contribution is 2.37. The molecule has 3 heterocycles. The highest BCUT2D eigenvalue weighted by molar-refractivity contribution is 14.0. The minimum atomic E-state index is 0. The summed E-state index contributed by atoms with van der Waals surface area (Å²) in [6.07, 6.45) is 7.58. The number of hydrogen-bond donors (Lipinski definition) is 2. The molecule has 1 unspecified atom stereocenters. The van der Waals surface area contributed by atoms with E-state index in [1.54, 1.807) is 0 Å². The van der Waals surface area contributed by atoms with Crippen LogP contribution in [-0.4, -0.2) is 73.3 Å². The van der Waals surface area contributed by atoms with Crippen LogP contribution in [-0.2, 0) is 4.74 Å². The lowest BCUT2D eigenvalue weighted by Gasteiger charge is -2.45. The number of rotatable bonds is 5. The Bertz CT molecular complexity index is 431. The summed E-state index contributed by atoms with van der Waals surface area (Å²) < 4.78 is 6.01. The lowest BCUT2D eigenvalue weighted by molar-refractivity contribution is -0.0164. The molecule has 3 fully saturated rings. The van der Waals surface area contributed by atoms with Crippen molar-refractivity contribution in [3.63, 3.8) is 0 Å². The number of halogens is 1. The van der Waals surface area contributed by atoms with Gasteiger partial charge in [0.1, 0.15) is 0 Å². The molecule has 0 aromatic carbocycles. The van der Waals surface area contributed by atoms with Gasteiger partial charge in [-0.1, -0.05) is 0 Å². The van der Waals surface area contributed by atoms with E-state index < -0.39 is 0 Å². The van der Waals surface area contributed by atoms with Gasteiger partial charge in [0.15, 0.2) is 5.96 Å². The van der Waals surface area contributed by atoms with Crippen molar-refractivity contribution in [3.8, 4) is 0 Å². The summed E-state index contributed by atoms with van der Waals surface area (Å²) in [6, 6.07) is 0. The van der Waals surface area contributed by atoms with Crippen LogP contribution in [0.4, 0.5) is 0 Å². The molecule has 0 bridgehead atoms. The Labute approximate surface area is 174 Å². The summed E-state index contributed by atoms with van der Waals surface area (Å²) in [5, 5.41) is 7.20. The first-order valence-corrected chi connectivity index (χ1v) is 10.6. The predicted molar refractivity (Wildman–Crippen MR) is 118 cm³/mol. The second kappa shape index (κ2) is 9.99. The van der Waals surface area contributed by atoms with Gasteiger partial charge in [0.2, 0.25) is 0 Å². The monoisotopic (exact) mass is 482 g/mol. The molecule has 0 saturated carbocycles. The second-order valence-electron chi connectivity index (χ2n) is 7.71. The average molecular weight is 482 g/mol. The molecule has 0 aromatic rings. The third kappa shape index (κ3) is 5.62. The zero-order chi connectivity index (χ0) is 16.9. The van der Waals surface area contributed by atoms with Crippen LogP contribution >= 0.6 is 35.7 Å². The first-order valence-electron chi connectivity index (χ1n) is 9.57. The molecule has 3 rings (SSSR count). The minimum absolute atomic E-state index is 0. The van der Waals surface area contributed by atoms with Gasteiger partial charge in [-0.15, -0.1) is 24.0 Å². The number of aliphatic imine (C=N–C) groups is 1. The van der Waals surface area contributed by atoms with E-state index in [0.29, 0.717) is 4.75 Å². The number of ether oxygens (including phenoxy) is 1. The van der Waals surface area contributed by atoms with Gasteiger partial charge in [-0.3, -0.25) is 9.89 Å². The maximum atomic E-state index is 5.64. The Balaban J connectivity index is 0.00000225. The topological polar surface area (TPSA) is 48.9 Å². The third-order valence-electron chi connectivity index (χ3n) is 5.94. The van der Waals surface area contributed by atoms with Crippen LogP contribution in [0.3, 0.4) is 0 Å². The van der Waals surface area contributed by atoms with Crippen LogP contribution in [0.1, 0.15) is 45.4 Å². The van der Waals surface area contributed by atoms with Crippen LogP contribution in [0.15, 0.2) is 4.99 Å². The van der Waals surface area contributed by atoms with Crippen molar-refractivity contribution in [1.29, 1.82) is 0 Å². The van der Waals surface area contributed by atoms with Crippen molar-refractivity contribution in [1.82, 2.24) is 15.5 Å². The second-order valence-corrected chi connectivity index (χ2v) is 9.39. The van der Waals surface area contributed by atoms with E-state index in [9.17, 15) is 0 Å². The number of thioether (sulfide) groups is 1. The first kappa shape index (κ1) is 21.6. The van der Waals surface area contributed by atoms with E-state index in [1.807, 2.05) is 7.05 Å². The van der Waals surface area contributed by atoms with Crippen LogP contribution in [0, 0.1) is 0 Å². The molecule has 2 N–H and O–H groups in total. The smallest absolute Gasteiger partial charge is 0.191 e. The van der Waals surface area contributed by atoms with E-state index in [0.717, 1.165) is 45.1 Å². The molecule has 7 heteroatoms. The number of nitrogens with one attached hydrogen (secondary N) is 2. The highest BCUT2D eigenvalue weighted by Gasteiger charge is 2.39. The Morgan fingerprint density at radius 3 is 2.36 bits per heavy atom. The molecule has 1 atom stereocenters. The van der Waals surface area contributed by atoms with Crippen molar-refractivity contribution in [2.45, 2.75) is 55.7 Å². The fraction of sp³-hybridized carbons (Fsp3) is 0.944. The summed E-state index contributed by atoms with van der Waals surface area (Å²) in [5.74, 6) is 2.25. The van der Waals surface area contributed by atoms with E-state index in [2.05, 4.69) is 39.2 Å². The number of nitrogens with zero attached hydrogens (tertiary/aromatic N) is 2. The summed E-state index contributed by atoms with van der Waals surface area (Å²) in [4.78, 5) is 7.16. The van der Waals surface area contributed by atoms with Gasteiger partial charge in [0, 0.05) is 43.6 Å². The van der Waals surface area contributed by atoms with Crippen LogP contribution in [0.25, 0.3) is 0 Å². The van der Waals surface area contributed by atoms with Gasteiger partial charge in [0.05, 0.1) is 0 Å². The average Bonchev–Trinajstić information content (AvgIpc) is 3.28. The van der Waals surface area contributed by atoms with Gasteiger partial charge in [-0.05, 0) is 64.3 Å². The molecule has 3 saturated heterocycles. The van der Waals surface area contributed by atoms with E-state index >= 15 is 0 Å². The molecule has 0 amide bonds. The lowest BCUT2D eigenvalue weighted by atomic mass is 9.88. The number of hydrogen-bond acceptors (Lipinski definition) is 4. The van der Waals surface area contributed by atoms with Gasteiger partial charge in [-0.2, -0.15) is 11.8 Å². The maximum absolute atomic E-state index is 5.64. The quantitative estimate of drug-likeness (QED) is 0.359. The van der Waals surface area contributed by atoms with Crippen molar-refractivity contribution >= 4 is 41.7 Å². The fourth-order valence-corrected chi connectivity index (χ4v) is 5.51. The molecular formula is C18H35IN4OS. The molecule has 146 valence electrons. The van der Waals surface area contributed by atoms with Crippen molar-refractivity contribution in [2.75, 3.05) is 52.2 Å². The third-order valence-corrected chi connectivity index (χ3v) is 7.48. The fourth-order valence-electron chi connectivity index (χ4n) is 4.26. The standard InChI is InChI=1S/C18H34N4OS.HI/c1-17(6-5-13-24-17)14-20-16(19-2)21-15-18(7-11-23-12-8-18)22-9-3-4-10-22;/h3-15H2,1-2H3,(H2,19,20,21);1H. The van der Waals surface area contributed by atoms with Gasteiger partial charge < -0.3 is 15.4 Å². The largest absolute Gasteiger partial charge is 0.381 e. The number of likely N-dealkylation sites (tertiary alicyclic amines) is 1. The van der Waals surface area contributed by atoms with E-state index in [-0.39, 0.29) is 29.5 Å². The molecular weight excluding hydrogens is 447 g/mol. The maximum Gasteiger partial charge on any atom is 0.191 e. The molecule has 5 nitrogen and oxygen atoms in total. The normalized spacial score (nSPS) is 30.1. The molecule has 0 aromatic heterocycles. The molecule has 3 aliphatic rings.